The van der Waals surface area contributed by atoms with E-state index in [2.05, 4.69) is 20.8 Å². The van der Waals surface area contributed by atoms with Crippen molar-refractivity contribution in [2.45, 2.75) is 64.9 Å². The van der Waals surface area contributed by atoms with Crippen molar-refractivity contribution in [2.24, 2.45) is 5.92 Å². The van der Waals surface area contributed by atoms with Gasteiger partial charge in [-0.2, -0.15) is 0 Å². The van der Waals surface area contributed by atoms with E-state index in [1.165, 1.54) is 25.7 Å². The van der Waals surface area contributed by atoms with Gasteiger partial charge in [0.2, 0.25) is 0 Å². The average molecular weight is 216 g/mol. The zero-order valence-corrected chi connectivity index (χ0v) is 10.9. The molecule has 1 N–H and O–H groups in total. The molecule has 0 aromatic rings. The molecular formula is C13H28O2. The zero-order valence-electron chi connectivity index (χ0n) is 10.9. The van der Waals surface area contributed by atoms with Gasteiger partial charge in [-0.15, -0.1) is 0 Å². The second kappa shape index (κ2) is 8.12. The summed E-state index contributed by atoms with van der Waals surface area (Å²) in [5, 5.41) is 10.3. The van der Waals surface area contributed by atoms with Crippen molar-refractivity contribution in [3.05, 3.63) is 0 Å². The summed E-state index contributed by atoms with van der Waals surface area (Å²) in [5.41, 5.74) is -0.624. The highest BCUT2D eigenvalue weighted by Crippen LogP contribution is 2.24. The minimum absolute atomic E-state index is 0.267. The van der Waals surface area contributed by atoms with Crippen molar-refractivity contribution in [1.29, 1.82) is 0 Å². The number of unbranched alkanes of at least 4 members (excludes halogenated alkanes) is 4. The smallest absolute Gasteiger partial charge is 0.0902 e. The Hall–Kier alpha value is -0.0800. The molecule has 2 nitrogen and oxygen atoms in total. The van der Waals surface area contributed by atoms with Crippen molar-refractivity contribution < 1.29 is 9.84 Å². The van der Waals surface area contributed by atoms with Crippen LogP contribution in [0.25, 0.3) is 0 Å². The van der Waals surface area contributed by atoms with E-state index in [1.54, 1.807) is 7.11 Å². The summed E-state index contributed by atoms with van der Waals surface area (Å²) >= 11 is 0. The van der Waals surface area contributed by atoms with Crippen LogP contribution in [0, 0.1) is 5.92 Å². The van der Waals surface area contributed by atoms with Gasteiger partial charge in [-0.25, -0.2) is 0 Å². The topological polar surface area (TPSA) is 29.5 Å². The molecule has 2 heteroatoms. The van der Waals surface area contributed by atoms with Crippen LogP contribution in [0.3, 0.4) is 0 Å². The second-order valence-corrected chi connectivity index (χ2v) is 4.86. The van der Waals surface area contributed by atoms with E-state index in [9.17, 15) is 5.11 Å². The highest BCUT2D eigenvalue weighted by molar-refractivity contribution is 4.81. The van der Waals surface area contributed by atoms with Gasteiger partial charge in [0.05, 0.1) is 12.2 Å². The molecule has 0 radical (unpaired) electrons. The predicted octanol–water partition coefficient (Wildman–Crippen LogP) is 3.38. The molecule has 0 aliphatic heterocycles. The number of ether oxygens (including phenoxy) is 1. The van der Waals surface area contributed by atoms with E-state index in [0.717, 1.165) is 12.8 Å². The molecule has 1 atom stereocenters. The minimum atomic E-state index is -0.624. The molecule has 0 spiro atoms. The third-order valence-corrected chi connectivity index (χ3v) is 3.18. The van der Waals surface area contributed by atoms with Crippen LogP contribution in [0.5, 0.6) is 0 Å². The third kappa shape index (κ3) is 6.16. The summed E-state index contributed by atoms with van der Waals surface area (Å²) in [6, 6.07) is 0. The van der Waals surface area contributed by atoms with Crippen molar-refractivity contribution in [2.75, 3.05) is 13.7 Å². The summed E-state index contributed by atoms with van der Waals surface area (Å²) < 4.78 is 5.10. The molecule has 0 amide bonds. The maximum absolute atomic E-state index is 10.3. The molecule has 0 saturated heterocycles. The molecule has 0 aromatic heterocycles. The van der Waals surface area contributed by atoms with Gasteiger partial charge in [0.15, 0.2) is 0 Å². The molecule has 92 valence electrons. The van der Waals surface area contributed by atoms with Crippen LogP contribution in [0.1, 0.15) is 59.3 Å². The van der Waals surface area contributed by atoms with Crippen LogP contribution in [-0.2, 0) is 4.74 Å². The molecule has 0 fully saturated rings. The summed E-state index contributed by atoms with van der Waals surface area (Å²) in [5.74, 6) is 0.267. The van der Waals surface area contributed by atoms with E-state index in [4.69, 9.17) is 4.74 Å². The Bertz CT molecular complexity index is 145. The molecule has 0 saturated carbocycles. The van der Waals surface area contributed by atoms with E-state index in [1.807, 2.05) is 0 Å². The van der Waals surface area contributed by atoms with Gasteiger partial charge in [0.25, 0.3) is 0 Å². The lowest BCUT2D eigenvalue weighted by atomic mass is 9.86. The molecule has 0 heterocycles. The first kappa shape index (κ1) is 14.9. The van der Waals surface area contributed by atoms with Crippen LogP contribution < -0.4 is 0 Å². The van der Waals surface area contributed by atoms with Crippen molar-refractivity contribution in [1.82, 2.24) is 0 Å². The minimum Gasteiger partial charge on any atom is -0.387 e. The first-order chi connectivity index (χ1) is 7.06. The van der Waals surface area contributed by atoms with Crippen LogP contribution in [0.2, 0.25) is 0 Å². The van der Waals surface area contributed by atoms with E-state index < -0.39 is 5.60 Å². The fourth-order valence-electron chi connectivity index (χ4n) is 1.81. The fourth-order valence-corrected chi connectivity index (χ4v) is 1.81. The first-order valence-electron chi connectivity index (χ1n) is 6.28. The van der Waals surface area contributed by atoms with Gasteiger partial charge in [0.1, 0.15) is 0 Å². The van der Waals surface area contributed by atoms with Crippen LogP contribution >= 0.6 is 0 Å². The number of hydrogen-bond acceptors (Lipinski definition) is 2. The summed E-state index contributed by atoms with van der Waals surface area (Å²) in [6.07, 6.45) is 7.07. The van der Waals surface area contributed by atoms with Gasteiger partial charge < -0.3 is 9.84 Å². The Balaban J connectivity index is 3.76. The second-order valence-electron chi connectivity index (χ2n) is 4.86. The number of methoxy groups -OCH3 is 1. The Morgan fingerprint density at radius 3 is 2.20 bits per heavy atom. The molecule has 0 aromatic carbocycles. The van der Waals surface area contributed by atoms with Crippen molar-refractivity contribution in [3.63, 3.8) is 0 Å². The lowest BCUT2D eigenvalue weighted by molar-refractivity contribution is -0.0713. The Kier molecular flexibility index (Phi) is 8.07. The fraction of sp³-hybridized carbons (Fsp3) is 1.00. The molecule has 0 bridgehead atoms. The normalized spacial score (nSPS) is 15.6. The van der Waals surface area contributed by atoms with Crippen molar-refractivity contribution in [3.8, 4) is 0 Å². The number of aliphatic hydroxyl groups is 1. The van der Waals surface area contributed by atoms with Gasteiger partial charge in [0, 0.05) is 7.11 Å². The Morgan fingerprint density at radius 2 is 1.73 bits per heavy atom. The van der Waals surface area contributed by atoms with E-state index in [0.29, 0.717) is 6.61 Å². The van der Waals surface area contributed by atoms with E-state index >= 15 is 0 Å². The third-order valence-electron chi connectivity index (χ3n) is 3.18. The van der Waals surface area contributed by atoms with Gasteiger partial charge in [-0.05, 0) is 12.3 Å². The zero-order chi connectivity index (χ0) is 11.7. The molecule has 1 unspecified atom stereocenters. The quantitative estimate of drug-likeness (QED) is 0.599. The van der Waals surface area contributed by atoms with Gasteiger partial charge in [-0.1, -0.05) is 52.9 Å². The molecule has 0 aliphatic rings. The highest BCUT2D eigenvalue weighted by Gasteiger charge is 2.30. The number of hydrogen-bond donors (Lipinski definition) is 1. The summed E-state index contributed by atoms with van der Waals surface area (Å²) in [7, 11) is 1.66. The molecule has 0 rings (SSSR count). The Labute approximate surface area is 95.0 Å². The predicted molar refractivity (Wildman–Crippen MR) is 65.0 cm³/mol. The molecule has 0 aliphatic carbocycles. The van der Waals surface area contributed by atoms with E-state index in [-0.39, 0.29) is 5.92 Å². The highest BCUT2D eigenvalue weighted by atomic mass is 16.5. The molecule has 15 heavy (non-hydrogen) atoms. The van der Waals surface area contributed by atoms with Crippen LogP contribution in [-0.4, -0.2) is 24.4 Å². The monoisotopic (exact) mass is 216 g/mol. The van der Waals surface area contributed by atoms with Crippen LogP contribution in [0.15, 0.2) is 0 Å². The largest absolute Gasteiger partial charge is 0.387 e. The maximum atomic E-state index is 10.3. The molecular weight excluding hydrogens is 188 g/mol. The number of rotatable bonds is 9. The SMILES string of the molecule is CCCCCCCC(O)(COC)C(C)C. The standard InChI is InChI=1S/C13H28O2/c1-5-6-7-8-9-10-13(14,11-15-4)12(2)3/h12,14H,5-11H2,1-4H3. The lowest BCUT2D eigenvalue weighted by Crippen LogP contribution is -2.39. The van der Waals surface area contributed by atoms with Crippen molar-refractivity contribution >= 4 is 0 Å². The van der Waals surface area contributed by atoms with Crippen LogP contribution in [0.4, 0.5) is 0 Å². The average Bonchev–Trinajstić information content (AvgIpc) is 2.18. The maximum Gasteiger partial charge on any atom is 0.0902 e. The summed E-state index contributed by atoms with van der Waals surface area (Å²) in [4.78, 5) is 0. The summed E-state index contributed by atoms with van der Waals surface area (Å²) in [6.45, 7) is 6.80. The first-order valence-corrected chi connectivity index (χ1v) is 6.28. The lowest BCUT2D eigenvalue weighted by Gasteiger charge is -2.31. The van der Waals surface area contributed by atoms with Gasteiger partial charge >= 0.3 is 0 Å². The Morgan fingerprint density at radius 1 is 1.13 bits per heavy atom. The van der Waals surface area contributed by atoms with Gasteiger partial charge in [-0.3, -0.25) is 0 Å².